The number of nitrogens with zero attached hydrogens (tertiary/aromatic N) is 1. The van der Waals surface area contributed by atoms with Crippen molar-refractivity contribution in [1.29, 1.82) is 0 Å². The Balaban J connectivity index is 2.64. The molecule has 1 heterocycles. The minimum absolute atomic E-state index is 0.437. The van der Waals surface area contributed by atoms with Crippen LogP contribution in [-0.4, -0.2) is 9.97 Å². The Morgan fingerprint density at radius 3 is 2.93 bits per heavy atom. The standard InChI is InChI=1S/C10H10ClIN2/c1-2-6-3-8-9(4-7(6)12)14-10(5-11)13-8/h3-4H,2,5H2,1H3,(H,13,14). The van der Waals surface area contributed by atoms with Crippen molar-refractivity contribution in [1.82, 2.24) is 9.97 Å². The number of nitrogens with one attached hydrogen (secondary N) is 1. The summed E-state index contributed by atoms with van der Waals surface area (Å²) in [6, 6.07) is 4.25. The highest BCUT2D eigenvalue weighted by Crippen LogP contribution is 2.20. The largest absolute Gasteiger partial charge is 0.341 e. The summed E-state index contributed by atoms with van der Waals surface area (Å²) < 4.78 is 1.28. The maximum absolute atomic E-state index is 5.72. The van der Waals surface area contributed by atoms with Crippen LogP contribution >= 0.6 is 34.2 Å². The molecule has 0 spiro atoms. The molecule has 0 atom stereocenters. The average molecular weight is 321 g/mol. The smallest absolute Gasteiger partial charge is 0.122 e. The molecule has 1 N–H and O–H groups in total. The van der Waals surface area contributed by atoms with Crippen molar-refractivity contribution in [3.63, 3.8) is 0 Å². The summed E-state index contributed by atoms with van der Waals surface area (Å²) in [5.74, 6) is 1.28. The lowest BCUT2D eigenvalue weighted by atomic mass is 10.1. The third-order valence-electron chi connectivity index (χ3n) is 2.21. The van der Waals surface area contributed by atoms with Gasteiger partial charge < -0.3 is 4.98 Å². The lowest BCUT2D eigenvalue weighted by Crippen LogP contribution is -1.85. The third kappa shape index (κ3) is 1.75. The Bertz CT molecular complexity index is 464. The van der Waals surface area contributed by atoms with Crippen LogP contribution in [0.15, 0.2) is 12.1 Å². The molecule has 1 aromatic heterocycles. The molecular formula is C10H10ClIN2. The molecule has 0 aliphatic rings. The highest BCUT2D eigenvalue weighted by atomic mass is 127. The van der Waals surface area contributed by atoms with Crippen LogP contribution in [0.1, 0.15) is 18.3 Å². The van der Waals surface area contributed by atoms with Crippen LogP contribution in [0.4, 0.5) is 0 Å². The number of aromatic amines is 1. The molecule has 0 fully saturated rings. The van der Waals surface area contributed by atoms with E-state index in [-0.39, 0.29) is 0 Å². The highest BCUT2D eigenvalue weighted by Gasteiger charge is 2.05. The molecule has 2 aromatic rings. The van der Waals surface area contributed by atoms with Gasteiger partial charge in [0.2, 0.25) is 0 Å². The lowest BCUT2D eigenvalue weighted by molar-refractivity contribution is 1.13. The second-order valence-corrected chi connectivity index (χ2v) is 4.56. The van der Waals surface area contributed by atoms with Crippen LogP contribution in [-0.2, 0) is 12.3 Å². The van der Waals surface area contributed by atoms with E-state index >= 15 is 0 Å². The molecule has 2 rings (SSSR count). The Labute approximate surface area is 101 Å². The predicted octanol–water partition coefficient (Wildman–Crippen LogP) is 3.47. The summed E-state index contributed by atoms with van der Waals surface area (Å²) in [5, 5.41) is 0. The van der Waals surface area contributed by atoms with E-state index in [9.17, 15) is 0 Å². The first-order chi connectivity index (χ1) is 6.74. The Hall–Kier alpha value is -0.290. The average Bonchev–Trinajstić information content (AvgIpc) is 2.58. The molecule has 0 aliphatic heterocycles. The summed E-state index contributed by atoms with van der Waals surface area (Å²) in [6.45, 7) is 2.15. The van der Waals surface area contributed by atoms with E-state index in [4.69, 9.17) is 11.6 Å². The van der Waals surface area contributed by atoms with Crippen molar-refractivity contribution in [2.75, 3.05) is 0 Å². The predicted molar refractivity (Wildman–Crippen MR) is 67.7 cm³/mol. The number of alkyl halides is 1. The number of benzene rings is 1. The van der Waals surface area contributed by atoms with Crippen LogP contribution in [0.5, 0.6) is 0 Å². The van der Waals surface area contributed by atoms with E-state index < -0.39 is 0 Å². The molecule has 0 bridgehead atoms. The van der Waals surface area contributed by atoms with E-state index in [0.29, 0.717) is 5.88 Å². The van der Waals surface area contributed by atoms with Crippen LogP contribution in [0.2, 0.25) is 0 Å². The number of hydrogen-bond acceptors (Lipinski definition) is 1. The zero-order chi connectivity index (χ0) is 10.1. The highest BCUT2D eigenvalue weighted by molar-refractivity contribution is 14.1. The van der Waals surface area contributed by atoms with Crippen molar-refractivity contribution in [3.05, 3.63) is 27.1 Å². The Morgan fingerprint density at radius 2 is 2.29 bits per heavy atom. The zero-order valence-electron chi connectivity index (χ0n) is 7.77. The van der Waals surface area contributed by atoms with Crippen LogP contribution in [0, 0.1) is 3.57 Å². The summed E-state index contributed by atoms with van der Waals surface area (Å²) in [6.07, 6.45) is 1.04. The number of halogens is 2. The van der Waals surface area contributed by atoms with Crippen LogP contribution in [0.25, 0.3) is 11.0 Å². The Morgan fingerprint density at radius 1 is 1.50 bits per heavy atom. The first-order valence-electron chi connectivity index (χ1n) is 4.47. The number of fused-ring (bicyclic) bond motifs is 1. The first-order valence-corrected chi connectivity index (χ1v) is 6.09. The molecule has 0 unspecified atom stereocenters. The van der Waals surface area contributed by atoms with Gasteiger partial charge in [-0.15, -0.1) is 11.6 Å². The quantitative estimate of drug-likeness (QED) is 0.666. The fraction of sp³-hybridized carbons (Fsp3) is 0.300. The van der Waals surface area contributed by atoms with Gasteiger partial charge in [-0.3, -0.25) is 0 Å². The monoisotopic (exact) mass is 320 g/mol. The number of H-pyrrole nitrogens is 1. The zero-order valence-corrected chi connectivity index (χ0v) is 10.7. The first kappa shape index (κ1) is 10.2. The van der Waals surface area contributed by atoms with Crippen molar-refractivity contribution in [2.24, 2.45) is 0 Å². The summed E-state index contributed by atoms with van der Waals surface area (Å²) in [4.78, 5) is 7.58. The fourth-order valence-electron chi connectivity index (χ4n) is 1.46. The number of hydrogen-bond donors (Lipinski definition) is 1. The van der Waals surface area contributed by atoms with Gasteiger partial charge in [-0.05, 0) is 46.7 Å². The summed E-state index contributed by atoms with van der Waals surface area (Å²) in [5.41, 5.74) is 3.42. The van der Waals surface area contributed by atoms with Gasteiger partial charge in [0.25, 0.3) is 0 Å². The second kappa shape index (κ2) is 4.06. The minimum atomic E-state index is 0.437. The summed E-state index contributed by atoms with van der Waals surface area (Å²) >= 11 is 8.07. The van der Waals surface area contributed by atoms with Gasteiger partial charge >= 0.3 is 0 Å². The van der Waals surface area contributed by atoms with Crippen molar-refractivity contribution in [2.45, 2.75) is 19.2 Å². The van der Waals surface area contributed by atoms with E-state index in [1.165, 1.54) is 9.13 Å². The van der Waals surface area contributed by atoms with Gasteiger partial charge in [-0.1, -0.05) is 6.92 Å². The van der Waals surface area contributed by atoms with Crippen LogP contribution < -0.4 is 0 Å². The van der Waals surface area contributed by atoms with Gasteiger partial charge in [0.1, 0.15) is 5.82 Å². The number of aromatic nitrogens is 2. The molecule has 4 heteroatoms. The molecular weight excluding hydrogens is 310 g/mol. The molecule has 0 radical (unpaired) electrons. The van der Waals surface area contributed by atoms with E-state index in [1.807, 2.05) is 0 Å². The minimum Gasteiger partial charge on any atom is -0.341 e. The number of rotatable bonds is 2. The summed E-state index contributed by atoms with van der Waals surface area (Å²) in [7, 11) is 0. The van der Waals surface area contributed by atoms with E-state index in [1.54, 1.807) is 0 Å². The maximum atomic E-state index is 5.72. The molecule has 74 valence electrons. The fourth-order valence-corrected chi connectivity index (χ4v) is 2.44. The van der Waals surface area contributed by atoms with Gasteiger partial charge in [-0.2, -0.15) is 0 Å². The topological polar surface area (TPSA) is 28.7 Å². The molecule has 0 saturated heterocycles. The van der Waals surface area contributed by atoms with Crippen LogP contribution in [0.3, 0.4) is 0 Å². The van der Waals surface area contributed by atoms with Crippen molar-refractivity contribution < 1.29 is 0 Å². The molecule has 1 aromatic carbocycles. The third-order valence-corrected chi connectivity index (χ3v) is 3.46. The molecule has 0 saturated carbocycles. The van der Waals surface area contributed by atoms with Crippen molar-refractivity contribution >= 4 is 45.2 Å². The van der Waals surface area contributed by atoms with E-state index in [0.717, 1.165) is 23.3 Å². The second-order valence-electron chi connectivity index (χ2n) is 3.13. The van der Waals surface area contributed by atoms with Gasteiger partial charge in [0, 0.05) is 3.57 Å². The number of aryl methyl sites for hydroxylation is 1. The molecule has 0 aliphatic carbocycles. The molecule has 2 nitrogen and oxygen atoms in total. The Kier molecular flexibility index (Phi) is 2.97. The van der Waals surface area contributed by atoms with Crippen molar-refractivity contribution in [3.8, 4) is 0 Å². The van der Waals surface area contributed by atoms with E-state index in [2.05, 4.69) is 51.6 Å². The SMILES string of the molecule is CCc1cc2nc(CCl)[nH]c2cc1I. The van der Waals surface area contributed by atoms with Gasteiger partial charge in [0.05, 0.1) is 16.9 Å². The van der Waals surface area contributed by atoms with Gasteiger partial charge in [-0.25, -0.2) is 4.98 Å². The number of imidazole rings is 1. The lowest BCUT2D eigenvalue weighted by Gasteiger charge is -1.99. The molecule has 0 amide bonds. The normalized spacial score (nSPS) is 11.1. The maximum Gasteiger partial charge on any atom is 0.122 e. The van der Waals surface area contributed by atoms with Gasteiger partial charge in [0.15, 0.2) is 0 Å². The molecule has 14 heavy (non-hydrogen) atoms.